The minimum absolute atomic E-state index is 0.0761. The summed E-state index contributed by atoms with van der Waals surface area (Å²) in [7, 11) is 0. The number of hydrogen-bond donors (Lipinski definition) is 1. The average Bonchev–Trinajstić information content (AvgIpc) is 3.31. The van der Waals surface area contributed by atoms with E-state index in [4.69, 9.17) is 16.3 Å². The smallest absolute Gasteiger partial charge is 0.350 e. The Morgan fingerprint density at radius 3 is 2.44 bits per heavy atom. The number of ketones is 1. The van der Waals surface area contributed by atoms with E-state index in [9.17, 15) is 23.9 Å². The standard InChI is InChI=1S/C24H18ClFN2O5S/c1-3-33-23(32)21-12(2)27-24(34-21)28-18(13-6-10-16(26)11-7-13)17(20(30)22(28)31)19(29)14-4-8-15(25)9-5-14/h4-11,18,29H,3H2,1-2H3. The lowest BCUT2D eigenvalue weighted by molar-refractivity contribution is -0.132. The van der Waals surface area contributed by atoms with E-state index < -0.39 is 35.3 Å². The number of anilines is 1. The number of carbonyl (C=O) groups is 3. The van der Waals surface area contributed by atoms with Gasteiger partial charge in [0, 0.05) is 10.6 Å². The van der Waals surface area contributed by atoms with Crippen LogP contribution in [0.2, 0.25) is 5.02 Å². The Hall–Kier alpha value is -3.56. The molecule has 1 saturated heterocycles. The first-order valence-corrected chi connectivity index (χ1v) is 11.4. The third-order valence-electron chi connectivity index (χ3n) is 5.20. The summed E-state index contributed by atoms with van der Waals surface area (Å²) in [5.74, 6) is -3.39. The maximum atomic E-state index is 13.6. The van der Waals surface area contributed by atoms with Gasteiger partial charge in [-0.3, -0.25) is 14.5 Å². The number of aliphatic hydroxyl groups is 1. The Kier molecular flexibility index (Phi) is 6.49. The van der Waals surface area contributed by atoms with Crippen LogP contribution in [-0.4, -0.2) is 34.4 Å². The summed E-state index contributed by atoms with van der Waals surface area (Å²) in [5, 5.41) is 11.5. The third kappa shape index (κ3) is 4.20. The minimum atomic E-state index is -1.10. The first-order chi connectivity index (χ1) is 16.2. The normalized spacial score (nSPS) is 17.3. The molecule has 7 nitrogen and oxygen atoms in total. The fourth-order valence-electron chi connectivity index (χ4n) is 3.62. The van der Waals surface area contributed by atoms with E-state index in [2.05, 4.69) is 4.98 Å². The number of esters is 1. The average molecular weight is 501 g/mol. The first kappa shape index (κ1) is 23.6. The Labute approximate surface area is 203 Å². The molecule has 1 fully saturated rings. The molecule has 3 aromatic rings. The Balaban J connectivity index is 1.90. The topological polar surface area (TPSA) is 96.8 Å². The van der Waals surface area contributed by atoms with Crippen molar-refractivity contribution in [1.29, 1.82) is 0 Å². The van der Waals surface area contributed by atoms with E-state index in [-0.39, 0.29) is 27.8 Å². The van der Waals surface area contributed by atoms with Gasteiger partial charge in [0.1, 0.15) is 16.5 Å². The number of rotatable bonds is 5. The van der Waals surface area contributed by atoms with Crippen LogP contribution in [0, 0.1) is 12.7 Å². The number of benzene rings is 2. The zero-order chi connectivity index (χ0) is 24.6. The van der Waals surface area contributed by atoms with Crippen molar-refractivity contribution < 1.29 is 28.6 Å². The molecule has 0 radical (unpaired) electrons. The van der Waals surface area contributed by atoms with E-state index in [1.54, 1.807) is 13.8 Å². The molecule has 4 rings (SSSR count). The summed E-state index contributed by atoms with van der Waals surface area (Å²) < 4.78 is 18.7. The monoisotopic (exact) mass is 500 g/mol. The maximum absolute atomic E-state index is 13.6. The van der Waals surface area contributed by atoms with Gasteiger partial charge in [0.2, 0.25) is 0 Å². The van der Waals surface area contributed by atoms with Gasteiger partial charge < -0.3 is 9.84 Å². The summed E-state index contributed by atoms with van der Waals surface area (Å²) in [6.45, 7) is 3.41. The highest BCUT2D eigenvalue weighted by Crippen LogP contribution is 2.44. The number of aliphatic hydroxyl groups excluding tert-OH is 1. The van der Waals surface area contributed by atoms with E-state index in [1.165, 1.54) is 48.5 Å². The predicted octanol–water partition coefficient (Wildman–Crippen LogP) is 5.05. The molecular formula is C24H18ClFN2O5S. The number of aryl methyl sites for hydroxylation is 1. The lowest BCUT2D eigenvalue weighted by Crippen LogP contribution is -2.29. The van der Waals surface area contributed by atoms with Gasteiger partial charge in [0.25, 0.3) is 5.78 Å². The summed E-state index contributed by atoms with van der Waals surface area (Å²) >= 11 is 6.82. The van der Waals surface area contributed by atoms with Crippen molar-refractivity contribution in [3.63, 3.8) is 0 Å². The van der Waals surface area contributed by atoms with Crippen LogP contribution >= 0.6 is 22.9 Å². The molecule has 1 aliphatic rings. The molecule has 1 aliphatic heterocycles. The number of Topliss-reactive ketones (excluding diaryl/α,β-unsaturated/α-hetero) is 1. The van der Waals surface area contributed by atoms with Crippen molar-refractivity contribution >= 4 is 51.5 Å². The second kappa shape index (κ2) is 9.36. The van der Waals surface area contributed by atoms with Crippen LogP contribution in [0.25, 0.3) is 5.76 Å². The van der Waals surface area contributed by atoms with Crippen molar-refractivity contribution in [2.45, 2.75) is 19.9 Å². The third-order valence-corrected chi connectivity index (χ3v) is 6.59. The highest BCUT2D eigenvalue weighted by Gasteiger charge is 2.48. The molecular weight excluding hydrogens is 483 g/mol. The zero-order valence-corrected chi connectivity index (χ0v) is 19.6. The summed E-state index contributed by atoms with van der Waals surface area (Å²) in [4.78, 5) is 44.2. The Morgan fingerprint density at radius 1 is 1.18 bits per heavy atom. The van der Waals surface area contributed by atoms with Gasteiger partial charge in [0.05, 0.1) is 23.9 Å². The van der Waals surface area contributed by atoms with Crippen LogP contribution in [-0.2, 0) is 14.3 Å². The highest BCUT2D eigenvalue weighted by molar-refractivity contribution is 7.17. The van der Waals surface area contributed by atoms with Crippen molar-refractivity contribution in [2.24, 2.45) is 0 Å². The minimum Gasteiger partial charge on any atom is -0.507 e. The molecule has 0 aliphatic carbocycles. The van der Waals surface area contributed by atoms with Gasteiger partial charge in [0.15, 0.2) is 5.13 Å². The van der Waals surface area contributed by atoms with Crippen LogP contribution in [0.3, 0.4) is 0 Å². The first-order valence-electron chi connectivity index (χ1n) is 10.2. The SMILES string of the molecule is CCOC(=O)c1sc(N2C(=O)C(=O)C(=C(O)c3ccc(Cl)cc3)C2c2ccc(F)cc2)nc1C. The van der Waals surface area contributed by atoms with Gasteiger partial charge in [-0.25, -0.2) is 14.2 Å². The van der Waals surface area contributed by atoms with Gasteiger partial charge in [-0.2, -0.15) is 0 Å². The van der Waals surface area contributed by atoms with Crippen LogP contribution in [0.5, 0.6) is 0 Å². The van der Waals surface area contributed by atoms with Gasteiger partial charge >= 0.3 is 11.9 Å². The molecule has 0 bridgehead atoms. The number of hydrogen-bond acceptors (Lipinski definition) is 7. The van der Waals surface area contributed by atoms with Crippen LogP contribution in [0.4, 0.5) is 9.52 Å². The second-order valence-electron chi connectivity index (χ2n) is 7.36. The Morgan fingerprint density at radius 2 is 1.82 bits per heavy atom. The fourth-order valence-corrected chi connectivity index (χ4v) is 4.74. The molecule has 1 unspecified atom stereocenters. The van der Waals surface area contributed by atoms with Crippen LogP contribution in [0.15, 0.2) is 54.1 Å². The van der Waals surface area contributed by atoms with Gasteiger partial charge in [-0.1, -0.05) is 35.1 Å². The fraction of sp³-hybridized carbons (Fsp3) is 0.167. The molecule has 174 valence electrons. The number of aromatic nitrogens is 1. The van der Waals surface area contributed by atoms with Crippen LogP contribution < -0.4 is 4.90 Å². The van der Waals surface area contributed by atoms with E-state index >= 15 is 0 Å². The number of thiazole rings is 1. The zero-order valence-electron chi connectivity index (χ0n) is 18.0. The highest BCUT2D eigenvalue weighted by atomic mass is 35.5. The van der Waals surface area contributed by atoms with Crippen molar-refractivity contribution in [1.82, 2.24) is 4.98 Å². The largest absolute Gasteiger partial charge is 0.507 e. The van der Waals surface area contributed by atoms with Crippen molar-refractivity contribution in [3.8, 4) is 0 Å². The molecule has 2 aromatic carbocycles. The molecule has 1 aromatic heterocycles. The predicted molar refractivity (Wildman–Crippen MR) is 125 cm³/mol. The summed E-state index contributed by atoms with van der Waals surface area (Å²) in [5.41, 5.74) is 0.791. The molecule has 0 spiro atoms. The van der Waals surface area contributed by atoms with Gasteiger partial charge in [-0.15, -0.1) is 0 Å². The van der Waals surface area contributed by atoms with Crippen LogP contribution in [0.1, 0.15) is 39.5 Å². The molecule has 10 heteroatoms. The second-order valence-corrected chi connectivity index (χ2v) is 8.77. The number of amides is 1. The molecule has 34 heavy (non-hydrogen) atoms. The lowest BCUT2D eigenvalue weighted by Gasteiger charge is -2.23. The maximum Gasteiger partial charge on any atom is 0.350 e. The van der Waals surface area contributed by atoms with Crippen molar-refractivity contribution in [2.75, 3.05) is 11.5 Å². The Bertz CT molecular complexity index is 1320. The van der Waals surface area contributed by atoms with E-state index in [0.29, 0.717) is 16.3 Å². The summed E-state index contributed by atoms with van der Waals surface area (Å²) in [6, 6.07) is 10.2. The van der Waals surface area contributed by atoms with Crippen molar-refractivity contribution in [3.05, 3.63) is 86.6 Å². The lowest BCUT2D eigenvalue weighted by atomic mass is 9.95. The van der Waals surface area contributed by atoms with E-state index in [0.717, 1.165) is 16.2 Å². The molecule has 2 heterocycles. The van der Waals surface area contributed by atoms with Gasteiger partial charge in [-0.05, 0) is 55.8 Å². The number of ether oxygens (including phenoxy) is 1. The van der Waals surface area contributed by atoms with E-state index in [1.807, 2.05) is 0 Å². The molecule has 1 amide bonds. The quantitative estimate of drug-likeness (QED) is 0.228. The summed E-state index contributed by atoms with van der Waals surface area (Å²) in [6.07, 6.45) is 0. The molecule has 1 N–H and O–H groups in total. The molecule has 0 saturated carbocycles. The number of halogens is 2. The molecule has 1 atom stereocenters. The number of nitrogens with zero attached hydrogens (tertiary/aromatic N) is 2. The number of carbonyl (C=O) groups excluding carboxylic acids is 3.